The maximum Gasteiger partial charge on any atom is 0.167 e. The molecule has 1 aliphatic heterocycles. The van der Waals surface area contributed by atoms with Gasteiger partial charge in [0.05, 0.1) is 36.7 Å². The van der Waals surface area contributed by atoms with Crippen molar-refractivity contribution >= 4 is 28.0 Å². The Hall–Kier alpha value is -3.24. The molecule has 4 heterocycles. The molecule has 44 heavy (non-hydrogen) atoms. The number of H-pyrrole nitrogens is 1. The van der Waals surface area contributed by atoms with Crippen molar-refractivity contribution in [1.82, 2.24) is 34.4 Å². The minimum Gasteiger partial charge on any atom is -0.395 e. The van der Waals surface area contributed by atoms with E-state index in [1.165, 1.54) is 12.7 Å². The van der Waals surface area contributed by atoms with Crippen LogP contribution in [0.5, 0.6) is 0 Å². The minimum absolute atomic E-state index is 0.0901. The molecule has 2 aliphatic rings. The highest BCUT2D eigenvalue weighted by atomic mass is 16.6. The lowest BCUT2D eigenvalue weighted by atomic mass is 9.74. The Bertz CT molecular complexity index is 1600. The van der Waals surface area contributed by atoms with Crippen LogP contribution in [0.3, 0.4) is 0 Å². The van der Waals surface area contributed by atoms with Gasteiger partial charge in [0.1, 0.15) is 36.0 Å². The van der Waals surface area contributed by atoms with Crippen molar-refractivity contribution in [2.24, 2.45) is 5.92 Å². The summed E-state index contributed by atoms with van der Waals surface area (Å²) in [5.74, 6) is 1.00. The molecule has 14 nitrogen and oxygen atoms in total. The van der Waals surface area contributed by atoms with E-state index in [-0.39, 0.29) is 37.0 Å². The van der Waals surface area contributed by atoms with E-state index < -0.39 is 36.1 Å². The van der Waals surface area contributed by atoms with Crippen molar-refractivity contribution in [2.75, 3.05) is 25.5 Å². The van der Waals surface area contributed by atoms with E-state index in [0.717, 1.165) is 29.4 Å². The van der Waals surface area contributed by atoms with Gasteiger partial charge < -0.3 is 41.0 Å². The molecule has 0 radical (unpaired) electrons. The fourth-order valence-electron chi connectivity index (χ4n) is 6.50. The molecule has 14 heteroatoms. The number of aromatic amines is 1. The molecule has 1 aromatic carbocycles. The van der Waals surface area contributed by atoms with Crippen LogP contribution < -0.4 is 5.73 Å². The zero-order chi connectivity index (χ0) is 31.3. The highest BCUT2D eigenvalue weighted by Gasteiger charge is 2.47. The second-order valence-electron chi connectivity index (χ2n) is 12.9. The van der Waals surface area contributed by atoms with Crippen molar-refractivity contribution in [1.29, 1.82) is 0 Å². The van der Waals surface area contributed by atoms with Crippen LogP contribution in [0, 0.1) is 5.92 Å². The fraction of sp³-hybridized carbons (Fsp3) is 0.600. The predicted molar refractivity (Wildman–Crippen MR) is 161 cm³/mol. The lowest BCUT2D eigenvalue weighted by Gasteiger charge is -2.47. The number of aliphatic hydroxyl groups is 5. The van der Waals surface area contributed by atoms with Gasteiger partial charge in [-0.15, -0.1) is 0 Å². The van der Waals surface area contributed by atoms with Crippen molar-refractivity contribution in [3.63, 3.8) is 0 Å². The zero-order valence-electron chi connectivity index (χ0n) is 25.2. The highest BCUT2D eigenvalue weighted by Crippen LogP contribution is 2.39. The molecule has 0 spiro atoms. The first-order chi connectivity index (χ1) is 21.0. The van der Waals surface area contributed by atoms with E-state index in [0.29, 0.717) is 30.0 Å². The number of aromatic nitrogens is 6. The number of nitrogen functional groups attached to an aromatic ring is 1. The Balaban J connectivity index is 1.08. The van der Waals surface area contributed by atoms with Crippen LogP contribution >= 0.6 is 0 Å². The third kappa shape index (κ3) is 5.44. The van der Waals surface area contributed by atoms with Crippen LogP contribution in [-0.4, -0.2) is 116 Å². The molecule has 0 amide bonds. The average molecular weight is 611 g/mol. The first-order valence-corrected chi connectivity index (χ1v) is 15.1. The van der Waals surface area contributed by atoms with E-state index in [1.54, 1.807) is 11.5 Å². The molecular formula is C30H42N8O6. The highest BCUT2D eigenvalue weighted by molar-refractivity contribution is 5.81. The van der Waals surface area contributed by atoms with Gasteiger partial charge in [-0.25, -0.2) is 19.9 Å². The van der Waals surface area contributed by atoms with E-state index >= 15 is 0 Å². The molecule has 8 N–H and O–H groups in total. The maximum absolute atomic E-state index is 11.1. The maximum atomic E-state index is 11.1. The molecule has 4 aromatic rings. The monoisotopic (exact) mass is 610 g/mol. The zero-order valence-corrected chi connectivity index (χ0v) is 25.2. The molecular weight excluding hydrogens is 568 g/mol. The summed E-state index contributed by atoms with van der Waals surface area (Å²) in [7, 11) is 0. The van der Waals surface area contributed by atoms with Gasteiger partial charge in [0, 0.05) is 30.5 Å². The van der Waals surface area contributed by atoms with Crippen molar-refractivity contribution in [3.05, 3.63) is 42.2 Å². The van der Waals surface area contributed by atoms with Crippen LogP contribution in [0.1, 0.15) is 51.2 Å². The largest absolute Gasteiger partial charge is 0.395 e. The number of fused-ring (bicyclic) bond motifs is 2. The molecule has 5 atom stereocenters. The van der Waals surface area contributed by atoms with Crippen LogP contribution in [0.25, 0.3) is 22.2 Å². The van der Waals surface area contributed by atoms with Crippen molar-refractivity contribution in [3.8, 4) is 0 Å². The van der Waals surface area contributed by atoms with Crippen LogP contribution in [-0.2, 0) is 16.6 Å². The summed E-state index contributed by atoms with van der Waals surface area (Å²) in [6.45, 7) is 6.04. The third-order valence-electron chi connectivity index (χ3n) is 9.54. The number of rotatable bonds is 11. The van der Waals surface area contributed by atoms with E-state index in [2.05, 4.69) is 43.7 Å². The minimum atomic E-state index is -1.18. The van der Waals surface area contributed by atoms with Crippen molar-refractivity contribution < 1.29 is 30.3 Å². The number of imidazole rings is 2. The first kappa shape index (κ1) is 30.8. The predicted octanol–water partition coefficient (Wildman–Crippen LogP) is 0.239. The van der Waals surface area contributed by atoms with E-state index in [4.69, 9.17) is 10.5 Å². The number of aliphatic hydroxyl groups excluding tert-OH is 5. The molecule has 238 valence electrons. The number of nitrogens with two attached hydrogens (primary N) is 1. The Kier molecular flexibility index (Phi) is 8.34. The summed E-state index contributed by atoms with van der Waals surface area (Å²) in [6, 6.07) is 5.96. The molecule has 6 rings (SSSR count). The van der Waals surface area contributed by atoms with Crippen LogP contribution in [0.4, 0.5) is 5.82 Å². The third-order valence-corrected chi connectivity index (χ3v) is 9.54. The standard InChI is InChI=1S/C30H42N8O6/c1-15(2)37(10-22-25(42)26(43)29(44-22)38-14-34-24-27(31)32-13-33-28(24)38)18-6-16(7-18)21(41)9-23-35-19-5-4-17(8-20(19)36-23)30(3,11-39)12-40/h4-5,8,13-16,18,21-22,25-26,29,39-43H,6-7,9-12H2,1-3H3,(H,35,36)(H2,31,32,33). The lowest BCUT2D eigenvalue weighted by molar-refractivity contribution is -0.0713. The van der Waals surface area contributed by atoms with Gasteiger partial charge in [-0.3, -0.25) is 9.47 Å². The Morgan fingerprint density at radius 2 is 1.89 bits per heavy atom. The Morgan fingerprint density at radius 3 is 2.59 bits per heavy atom. The number of ether oxygens (including phenoxy) is 1. The molecule has 1 saturated heterocycles. The second-order valence-corrected chi connectivity index (χ2v) is 12.9. The van der Waals surface area contributed by atoms with Gasteiger partial charge >= 0.3 is 0 Å². The van der Waals surface area contributed by atoms with Gasteiger partial charge in [-0.05, 0) is 50.3 Å². The average Bonchev–Trinajstić information content (AvgIpc) is 3.67. The van der Waals surface area contributed by atoms with Crippen molar-refractivity contribution in [2.45, 2.75) is 88.2 Å². The molecule has 0 bridgehead atoms. The van der Waals surface area contributed by atoms with Crippen LogP contribution in [0.15, 0.2) is 30.9 Å². The summed E-state index contributed by atoms with van der Waals surface area (Å²) in [4.78, 5) is 22.6. The van der Waals surface area contributed by atoms with E-state index in [9.17, 15) is 25.5 Å². The Labute approximate surface area is 254 Å². The normalized spacial score (nSPS) is 26.7. The first-order valence-electron chi connectivity index (χ1n) is 15.1. The van der Waals surface area contributed by atoms with E-state index in [1.807, 2.05) is 18.2 Å². The second kappa shape index (κ2) is 11.9. The van der Waals surface area contributed by atoms with Gasteiger partial charge in [0.2, 0.25) is 0 Å². The lowest BCUT2D eigenvalue weighted by Crippen LogP contribution is -2.54. The SMILES string of the molecule is CC(C)N(CC1OC(n2cnc3c(N)ncnc32)C(O)C1O)C1CC(C(O)Cc2nc3ccc(C(C)(CO)CO)cc3[nH]2)C1. The molecule has 5 unspecified atom stereocenters. The summed E-state index contributed by atoms with van der Waals surface area (Å²) in [5, 5.41) is 52.4. The number of benzene rings is 1. The number of nitrogens with one attached hydrogen (secondary N) is 1. The quantitative estimate of drug-likeness (QED) is 0.122. The summed E-state index contributed by atoms with van der Waals surface area (Å²) >= 11 is 0. The van der Waals surface area contributed by atoms with Gasteiger partial charge in [-0.1, -0.05) is 13.0 Å². The molecule has 1 aliphatic carbocycles. The summed E-state index contributed by atoms with van der Waals surface area (Å²) in [5.41, 5.74) is 8.36. The summed E-state index contributed by atoms with van der Waals surface area (Å²) < 4.78 is 7.77. The molecule has 2 fully saturated rings. The Morgan fingerprint density at radius 1 is 1.14 bits per heavy atom. The topological polar surface area (TPSA) is 212 Å². The number of hydrogen-bond acceptors (Lipinski definition) is 12. The summed E-state index contributed by atoms with van der Waals surface area (Å²) in [6.07, 6.45) is 0.369. The van der Waals surface area contributed by atoms with Gasteiger partial charge in [0.25, 0.3) is 0 Å². The van der Waals surface area contributed by atoms with Gasteiger partial charge in [0.15, 0.2) is 17.7 Å². The smallest absolute Gasteiger partial charge is 0.167 e. The van der Waals surface area contributed by atoms with Gasteiger partial charge in [-0.2, -0.15) is 0 Å². The van der Waals surface area contributed by atoms with Crippen LogP contribution in [0.2, 0.25) is 0 Å². The molecule has 3 aromatic heterocycles. The fourth-order valence-corrected chi connectivity index (χ4v) is 6.50. The number of anilines is 1. The molecule has 1 saturated carbocycles. The number of hydrogen-bond donors (Lipinski definition) is 7. The number of nitrogens with zero attached hydrogens (tertiary/aromatic N) is 6.